The van der Waals surface area contributed by atoms with Crippen molar-refractivity contribution in [2.45, 2.75) is 23.6 Å². The molecule has 2 rings (SSSR count). The Morgan fingerprint density at radius 2 is 1.31 bits per heavy atom. The zero-order chi connectivity index (χ0) is 18.9. The van der Waals surface area contributed by atoms with Crippen LogP contribution in [0.15, 0.2) is 56.4 Å². The van der Waals surface area contributed by atoms with Crippen LogP contribution in [0.2, 0.25) is 0 Å². The molecule has 0 bridgehead atoms. The normalized spacial score (nSPS) is 11.0. The van der Waals surface area contributed by atoms with E-state index in [1.807, 2.05) is 0 Å². The van der Waals surface area contributed by atoms with E-state index in [4.69, 9.17) is 20.5 Å². The molecule has 0 aromatic heterocycles. The Balaban J connectivity index is 2.66. The average Bonchev–Trinajstić information content (AvgIpc) is 2.64. The van der Waals surface area contributed by atoms with Gasteiger partial charge >= 0.3 is 0 Å². The molecule has 10 heteroatoms. The summed E-state index contributed by atoms with van der Waals surface area (Å²) in [7, 11) is -1.72. The Labute approximate surface area is 152 Å². The molecule has 9 nitrogen and oxygen atoms in total. The van der Waals surface area contributed by atoms with Gasteiger partial charge in [-0.05, 0) is 49.2 Å². The molecule has 0 heterocycles. The van der Waals surface area contributed by atoms with Gasteiger partial charge in [-0.1, -0.05) is 22.4 Å². The highest BCUT2D eigenvalue weighted by Gasteiger charge is 2.21. The summed E-state index contributed by atoms with van der Waals surface area (Å²) < 4.78 is 24.4. The third-order valence-electron chi connectivity index (χ3n) is 3.20. The lowest BCUT2D eigenvalue weighted by Crippen LogP contribution is -2.03. The number of hydrogen-bond acceptors (Lipinski definition) is 5. The standard InChI is InChI=1S/C16H16N6O3S/c1-3-24-15-11(19-21-17)7-5-9-13(15)26(23)14-10-6-8-12(20-22-18)16(14)25-4-2/h5-10H,3-4H2,1-2H3. The highest BCUT2D eigenvalue weighted by Crippen LogP contribution is 2.40. The molecule has 0 atom stereocenters. The predicted molar refractivity (Wildman–Crippen MR) is 97.5 cm³/mol. The van der Waals surface area contributed by atoms with Gasteiger partial charge < -0.3 is 9.47 Å². The van der Waals surface area contributed by atoms with Crippen LogP contribution in [0.5, 0.6) is 11.5 Å². The van der Waals surface area contributed by atoms with Crippen LogP contribution in [-0.4, -0.2) is 17.4 Å². The maximum Gasteiger partial charge on any atom is 0.145 e. The quantitative estimate of drug-likeness (QED) is 0.342. The van der Waals surface area contributed by atoms with Crippen LogP contribution in [0.25, 0.3) is 20.9 Å². The highest BCUT2D eigenvalue weighted by molar-refractivity contribution is 7.85. The summed E-state index contributed by atoms with van der Waals surface area (Å²) in [5.74, 6) is 0.477. The molecule has 0 aliphatic carbocycles. The molecule has 2 aromatic rings. The average molecular weight is 372 g/mol. The number of hydrogen-bond donors (Lipinski definition) is 0. The van der Waals surface area contributed by atoms with Crippen molar-refractivity contribution in [3.8, 4) is 11.5 Å². The number of ether oxygens (including phenoxy) is 2. The summed E-state index contributed by atoms with van der Waals surface area (Å²) in [6, 6.07) is 9.63. The van der Waals surface area contributed by atoms with Gasteiger partial charge in [-0.3, -0.25) is 0 Å². The smallest absolute Gasteiger partial charge is 0.145 e. The van der Waals surface area contributed by atoms with E-state index in [9.17, 15) is 4.21 Å². The summed E-state index contributed by atoms with van der Waals surface area (Å²) in [6.07, 6.45) is 0. The molecular formula is C16H16N6O3S. The molecule has 0 aliphatic heterocycles. The largest absolute Gasteiger partial charge is 0.492 e. The van der Waals surface area contributed by atoms with Crippen LogP contribution in [0.3, 0.4) is 0 Å². The fraction of sp³-hybridized carbons (Fsp3) is 0.250. The van der Waals surface area contributed by atoms with E-state index < -0.39 is 10.8 Å². The summed E-state index contributed by atoms with van der Waals surface area (Å²) in [4.78, 5) is 6.21. The first kappa shape index (κ1) is 19.1. The van der Waals surface area contributed by atoms with E-state index in [1.165, 1.54) is 0 Å². The first-order valence-corrected chi connectivity index (χ1v) is 8.86. The van der Waals surface area contributed by atoms with Crippen molar-refractivity contribution in [2.24, 2.45) is 10.2 Å². The van der Waals surface area contributed by atoms with E-state index in [0.29, 0.717) is 23.0 Å². The number of nitrogens with zero attached hydrogens (tertiary/aromatic N) is 6. The molecule has 0 saturated heterocycles. The summed E-state index contributed by atoms with van der Waals surface area (Å²) in [6.45, 7) is 4.15. The van der Waals surface area contributed by atoms with Crippen LogP contribution in [0.1, 0.15) is 13.8 Å². The molecule has 134 valence electrons. The third kappa shape index (κ3) is 4.07. The lowest BCUT2D eigenvalue weighted by Gasteiger charge is -2.15. The monoisotopic (exact) mass is 372 g/mol. The van der Waals surface area contributed by atoms with Crippen molar-refractivity contribution in [1.29, 1.82) is 0 Å². The fourth-order valence-electron chi connectivity index (χ4n) is 2.25. The van der Waals surface area contributed by atoms with Gasteiger partial charge in [-0.15, -0.1) is 0 Å². The van der Waals surface area contributed by atoms with Crippen molar-refractivity contribution < 1.29 is 13.7 Å². The number of para-hydroxylation sites is 2. The first-order valence-electron chi connectivity index (χ1n) is 7.71. The molecule has 0 fully saturated rings. The molecule has 0 spiro atoms. The molecule has 0 aliphatic rings. The zero-order valence-electron chi connectivity index (χ0n) is 14.2. The van der Waals surface area contributed by atoms with Crippen LogP contribution in [-0.2, 0) is 10.8 Å². The van der Waals surface area contributed by atoms with E-state index in [-0.39, 0.29) is 22.9 Å². The highest BCUT2D eigenvalue weighted by atomic mass is 32.2. The Morgan fingerprint density at radius 1 is 0.885 bits per heavy atom. The SMILES string of the molecule is CCOc1c(N=[N+]=[N-])cccc1S(=O)c1cccc(N=[N+]=[N-])c1OCC. The minimum atomic E-state index is -1.72. The van der Waals surface area contributed by atoms with Gasteiger partial charge in [0.1, 0.15) is 11.5 Å². The van der Waals surface area contributed by atoms with Gasteiger partial charge in [-0.2, -0.15) is 0 Å². The van der Waals surface area contributed by atoms with E-state index in [2.05, 4.69) is 20.1 Å². The van der Waals surface area contributed by atoms with Gasteiger partial charge in [0.05, 0.1) is 45.2 Å². The summed E-state index contributed by atoms with van der Waals surface area (Å²) >= 11 is 0. The van der Waals surface area contributed by atoms with Crippen molar-refractivity contribution >= 4 is 22.2 Å². The number of rotatable bonds is 8. The minimum Gasteiger partial charge on any atom is -0.492 e. The maximum absolute atomic E-state index is 13.2. The molecule has 0 radical (unpaired) electrons. The van der Waals surface area contributed by atoms with Gasteiger partial charge in [0.25, 0.3) is 0 Å². The Kier molecular flexibility index (Phi) is 6.87. The first-order chi connectivity index (χ1) is 12.7. The molecule has 2 aromatic carbocycles. The van der Waals surface area contributed by atoms with Crippen molar-refractivity contribution in [1.82, 2.24) is 0 Å². The second-order valence-corrected chi connectivity index (χ2v) is 6.14. The summed E-state index contributed by atoms with van der Waals surface area (Å²) in [5, 5.41) is 7.18. The van der Waals surface area contributed by atoms with Crippen LogP contribution < -0.4 is 9.47 Å². The van der Waals surface area contributed by atoms with Gasteiger partial charge in [0.15, 0.2) is 0 Å². The number of azide groups is 2. The van der Waals surface area contributed by atoms with Crippen LogP contribution in [0, 0.1) is 0 Å². The van der Waals surface area contributed by atoms with Gasteiger partial charge in [0, 0.05) is 9.82 Å². The molecule has 0 amide bonds. The third-order valence-corrected chi connectivity index (χ3v) is 4.64. The van der Waals surface area contributed by atoms with Crippen molar-refractivity contribution in [3.63, 3.8) is 0 Å². The Hall–Kier alpha value is -3.19. The molecular weight excluding hydrogens is 356 g/mol. The van der Waals surface area contributed by atoms with Gasteiger partial charge in [0.2, 0.25) is 0 Å². The van der Waals surface area contributed by atoms with Crippen molar-refractivity contribution in [2.75, 3.05) is 13.2 Å². The molecule has 0 saturated carbocycles. The second-order valence-electron chi connectivity index (χ2n) is 4.72. The molecule has 0 unspecified atom stereocenters. The van der Waals surface area contributed by atoms with E-state index >= 15 is 0 Å². The number of benzene rings is 2. The molecule has 0 N–H and O–H groups in total. The van der Waals surface area contributed by atoms with Crippen LogP contribution >= 0.6 is 0 Å². The minimum absolute atomic E-state index is 0.239. The lowest BCUT2D eigenvalue weighted by molar-refractivity contribution is 0.331. The van der Waals surface area contributed by atoms with E-state index in [1.54, 1.807) is 50.2 Å². The summed E-state index contributed by atoms with van der Waals surface area (Å²) in [5.41, 5.74) is 17.9. The van der Waals surface area contributed by atoms with E-state index in [0.717, 1.165) is 0 Å². The maximum atomic E-state index is 13.2. The van der Waals surface area contributed by atoms with Crippen molar-refractivity contribution in [3.05, 3.63) is 57.3 Å². The predicted octanol–water partition coefficient (Wildman–Crippen LogP) is 5.53. The van der Waals surface area contributed by atoms with Gasteiger partial charge in [-0.25, -0.2) is 4.21 Å². The van der Waals surface area contributed by atoms with Crippen LogP contribution in [0.4, 0.5) is 11.4 Å². The Bertz CT molecular complexity index is 847. The topological polar surface area (TPSA) is 133 Å². The molecule has 26 heavy (non-hydrogen) atoms. The lowest BCUT2D eigenvalue weighted by atomic mass is 10.3. The Morgan fingerprint density at radius 3 is 1.65 bits per heavy atom. The zero-order valence-corrected chi connectivity index (χ0v) is 15.0. The fourth-order valence-corrected chi connectivity index (χ4v) is 3.56. The second kappa shape index (κ2) is 9.33.